The fourth-order valence-corrected chi connectivity index (χ4v) is 4.27. The summed E-state index contributed by atoms with van der Waals surface area (Å²) in [5.41, 5.74) is 2.68. The highest BCUT2D eigenvalue weighted by Gasteiger charge is 2.29. The zero-order chi connectivity index (χ0) is 27.6. The number of Topliss-reactive ketones (excluding diaryl/α,β-unsaturated/α-hetero) is 1. The molecule has 0 aliphatic rings. The number of aromatic nitrogens is 1. The number of ketones is 1. The maximum absolute atomic E-state index is 13.6. The highest BCUT2D eigenvalue weighted by atomic mass is 19.1. The molecule has 4 aromatic rings. The minimum absolute atomic E-state index is 0.0589. The minimum atomic E-state index is -0.828. The predicted molar refractivity (Wildman–Crippen MR) is 144 cm³/mol. The van der Waals surface area contributed by atoms with Gasteiger partial charge in [-0.05, 0) is 50.2 Å². The van der Waals surface area contributed by atoms with Crippen LogP contribution in [0.25, 0.3) is 38.3 Å². The first kappa shape index (κ1) is 26.6. The molecule has 0 unspecified atom stereocenters. The number of aryl methyl sites for hydroxylation is 1. The zero-order valence-electron chi connectivity index (χ0n) is 21.9. The van der Waals surface area contributed by atoms with Gasteiger partial charge >= 0.3 is 0 Å². The Bertz CT molecular complexity index is 1580. The quantitative estimate of drug-likeness (QED) is 0.211. The number of hydrogen-bond acceptors (Lipinski definition) is 5. The molecule has 0 bridgehead atoms. The fraction of sp³-hybridized carbons (Fsp3) is 0.267. The Kier molecular flexibility index (Phi) is 7.31. The number of nitrogens with zero attached hydrogens (tertiary/aromatic N) is 2. The Morgan fingerprint density at radius 3 is 2.50 bits per heavy atom. The van der Waals surface area contributed by atoms with E-state index in [9.17, 15) is 14.0 Å². The molecule has 2 aromatic heterocycles. The lowest BCUT2D eigenvalue weighted by Gasteiger charge is -2.14. The van der Waals surface area contributed by atoms with Crippen molar-refractivity contribution in [2.45, 2.75) is 39.7 Å². The second kappa shape index (κ2) is 10.5. The number of ether oxygens (including phenoxy) is 1. The summed E-state index contributed by atoms with van der Waals surface area (Å²) in [6.07, 6.45) is 1.71. The number of carbonyl (C=O) groups excluding carboxylic acids is 2. The van der Waals surface area contributed by atoms with Crippen LogP contribution in [0.5, 0.6) is 5.75 Å². The number of halogens is 1. The normalized spacial score (nSPS) is 11.3. The average molecular weight is 514 g/mol. The van der Waals surface area contributed by atoms with Crippen molar-refractivity contribution in [3.05, 3.63) is 82.7 Å². The van der Waals surface area contributed by atoms with Crippen LogP contribution in [-0.2, 0) is 0 Å². The molecule has 0 spiro atoms. The number of nitrogens with one attached hydrogen (secondary N) is 1. The van der Waals surface area contributed by atoms with E-state index < -0.39 is 11.4 Å². The number of hydrogen-bond donors (Lipinski definition) is 1. The Morgan fingerprint density at radius 2 is 1.87 bits per heavy atom. The van der Waals surface area contributed by atoms with Crippen LogP contribution < -0.4 is 10.1 Å². The molecule has 0 atom stereocenters. The molecule has 1 amide bonds. The van der Waals surface area contributed by atoms with Crippen molar-refractivity contribution >= 4 is 22.7 Å². The van der Waals surface area contributed by atoms with E-state index in [0.29, 0.717) is 62.6 Å². The molecule has 2 heterocycles. The van der Waals surface area contributed by atoms with Crippen molar-refractivity contribution in [3.8, 4) is 28.2 Å². The van der Waals surface area contributed by atoms with Gasteiger partial charge in [0.05, 0.1) is 18.6 Å². The maximum atomic E-state index is 13.6. The van der Waals surface area contributed by atoms with Gasteiger partial charge in [-0.1, -0.05) is 0 Å². The third-order valence-electron chi connectivity index (χ3n) is 6.24. The first-order valence-electron chi connectivity index (χ1n) is 12.2. The van der Waals surface area contributed by atoms with Crippen molar-refractivity contribution < 1.29 is 23.1 Å². The molecule has 38 heavy (non-hydrogen) atoms. The van der Waals surface area contributed by atoms with Gasteiger partial charge in [-0.3, -0.25) is 14.6 Å². The highest BCUT2D eigenvalue weighted by Crippen LogP contribution is 2.41. The summed E-state index contributed by atoms with van der Waals surface area (Å²) in [5, 5.41) is 3.19. The Labute approximate surface area is 220 Å². The van der Waals surface area contributed by atoms with Crippen LogP contribution in [0.2, 0.25) is 0 Å². The van der Waals surface area contributed by atoms with Crippen molar-refractivity contribution in [1.82, 2.24) is 10.3 Å². The summed E-state index contributed by atoms with van der Waals surface area (Å²) >= 11 is 0. The van der Waals surface area contributed by atoms with Gasteiger partial charge in [0.2, 0.25) is 5.54 Å². The second-order valence-corrected chi connectivity index (χ2v) is 9.55. The van der Waals surface area contributed by atoms with E-state index in [2.05, 4.69) is 15.1 Å². The summed E-state index contributed by atoms with van der Waals surface area (Å²) in [6, 6.07) is 10.9. The van der Waals surface area contributed by atoms with Gasteiger partial charge in [0, 0.05) is 66.5 Å². The highest BCUT2D eigenvalue weighted by molar-refractivity contribution is 6.12. The van der Waals surface area contributed by atoms with Gasteiger partial charge in [-0.2, -0.15) is 0 Å². The topological polar surface area (TPSA) is 85.8 Å². The monoisotopic (exact) mass is 513 g/mol. The van der Waals surface area contributed by atoms with E-state index >= 15 is 0 Å². The molecule has 4 rings (SSSR count). The van der Waals surface area contributed by atoms with E-state index in [1.54, 1.807) is 57.3 Å². The number of benzene rings is 2. The van der Waals surface area contributed by atoms with Crippen LogP contribution in [0.3, 0.4) is 0 Å². The number of fused-ring (bicyclic) bond motifs is 1. The van der Waals surface area contributed by atoms with Crippen LogP contribution in [0.4, 0.5) is 4.39 Å². The minimum Gasteiger partial charge on any atom is -0.493 e. The lowest BCUT2D eigenvalue weighted by Crippen LogP contribution is -2.20. The molecule has 1 N–H and O–H groups in total. The maximum Gasteiger partial charge on any atom is 0.255 e. The number of pyridine rings is 1. The van der Waals surface area contributed by atoms with Crippen LogP contribution in [-0.4, -0.2) is 35.9 Å². The van der Waals surface area contributed by atoms with Crippen molar-refractivity contribution in [2.75, 3.05) is 13.7 Å². The summed E-state index contributed by atoms with van der Waals surface area (Å²) in [6.45, 7) is 14.8. The van der Waals surface area contributed by atoms with Crippen molar-refractivity contribution in [2.24, 2.45) is 0 Å². The molecule has 8 heteroatoms. The fourth-order valence-electron chi connectivity index (χ4n) is 4.27. The SMILES string of the molecule is [C-]#[N+]C(C)(C)CC(=O)c1cc(-c2cc3c(C(=O)NC)c(-c4ccc(F)cc4)oc3cc2OCC)cnc1C. The molecule has 0 aliphatic heterocycles. The van der Waals surface area contributed by atoms with Gasteiger partial charge in [0.15, 0.2) is 5.78 Å². The van der Waals surface area contributed by atoms with Crippen molar-refractivity contribution in [3.63, 3.8) is 0 Å². The predicted octanol–water partition coefficient (Wildman–Crippen LogP) is 6.64. The number of rotatable bonds is 8. The number of furan rings is 1. The molecule has 0 fully saturated rings. The molecule has 0 radical (unpaired) electrons. The molecular weight excluding hydrogens is 485 g/mol. The summed E-state index contributed by atoms with van der Waals surface area (Å²) in [5.74, 6) is -0.141. The zero-order valence-corrected chi connectivity index (χ0v) is 21.9. The molecule has 0 aliphatic carbocycles. The number of carbonyl (C=O) groups is 2. The molecular formula is C30H28FN3O4. The standard InChI is InChI=1S/C30H28FN3O4/c1-7-37-25-14-26-23(27(29(36)32-5)28(38-26)18-8-10-20(31)11-9-18)13-22(25)19-12-21(17(2)34-16-19)24(35)15-30(3,4)33-6/h8-14,16H,7,15H2,1-5H3,(H,32,36). The van der Waals surface area contributed by atoms with Crippen LogP contribution in [0.15, 0.2) is 53.1 Å². The lowest BCUT2D eigenvalue weighted by molar-refractivity contribution is 0.0957. The van der Waals surface area contributed by atoms with Gasteiger partial charge in [-0.15, -0.1) is 0 Å². The van der Waals surface area contributed by atoms with Crippen LogP contribution >= 0.6 is 0 Å². The van der Waals surface area contributed by atoms with E-state index in [0.717, 1.165) is 0 Å². The van der Waals surface area contributed by atoms with E-state index in [1.807, 2.05) is 6.92 Å². The first-order chi connectivity index (χ1) is 18.1. The summed E-state index contributed by atoms with van der Waals surface area (Å²) in [4.78, 5) is 34.1. The molecule has 7 nitrogen and oxygen atoms in total. The van der Waals surface area contributed by atoms with E-state index in [-0.39, 0.29) is 18.1 Å². The molecule has 0 saturated heterocycles. The molecule has 2 aromatic carbocycles. The van der Waals surface area contributed by atoms with Crippen LogP contribution in [0, 0.1) is 19.3 Å². The average Bonchev–Trinajstić information content (AvgIpc) is 3.26. The summed E-state index contributed by atoms with van der Waals surface area (Å²) in [7, 11) is 1.53. The van der Waals surface area contributed by atoms with Gasteiger partial charge in [0.25, 0.3) is 5.91 Å². The second-order valence-electron chi connectivity index (χ2n) is 9.55. The lowest BCUT2D eigenvalue weighted by atomic mass is 9.92. The van der Waals surface area contributed by atoms with Gasteiger partial charge in [-0.25, -0.2) is 11.0 Å². The van der Waals surface area contributed by atoms with Crippen molar-refractivity contribution in [1.29, 1.82) is 0 Å². The Balaban J connectivity index is 1.93. The van der Waals surface area contributed by atoms with E-state index in [4.69, 9.17) is 15.7 Å². The van der Waals surface area contributed by atoms with E-state index in [1.165, 1.54) is 19.2 Å². The Hall–Kier alpha value is -4.51. The third-order valence-corrected chi connectivity index (χ3v) is 6.24. The number of amides is 1. The van der Waals surface area contributed by atoms with Gasteiger partial charge in [0.1, 0.15) is 22.9 Å². The Morgan fingerprint density at radius 1 is 1.16 bits per heavy atom. The molecule has 194 valence electrons. The third kappa shape index (κ3) is 5.14. The largest absolute Gasteiger partial charge is 0.493 e. The van der Waals surface area contributed by atoms with Gasteiger partial charge < -0.3 is 19.3 Å². The summed E-state index contributed by atoms with van der Waals surface area (Å²) < 4.78 is 25.6. The smallest absolute Gasteiger partial charge is 0.255 e. The molecule has 0 saturated carbocycles. The first-order valence-corrected chi connectivity index (χ1v) is 12.2. The van der Waals surface area contributed by atoms with Crippen LogP contribution in [0.1, 0.15) is 53.6 Å².